The van der Waals surface area contributed by atoms with E-state index in [-0.39, 0.29) is 14.5 Å². The molecule has 1 heteroatoms. The Balaban J connectivity index is 1.10. The normalized spacial score (nSPS) is 11.9. The maximum absolute atomic E-state index is 2.52. The molecule has 0 bridgehead atoms. The third-order valence-electron chi connectivity index (χ3n) is 13.0. The molecule has 61 heavy (non-hydrogen) atoms. The molecule has 0 nitrogen and oxygen atoms in total. The molecule has 0 N–H and O–H groups in total. The Kier molecular flexibility index (Phi) is 7.72. The summed E-state index contributed by atoms with van der Waals surface area (Å²) >= 11 is 0.191. The first-order valence-electron chi connectivity index (χ1n) is 21.1. The fraction of sp³-hybridized carbons (Fsp3) is 0. The minimum atomic E-state index is 0.191. The number of hydrogen-bond donors (Lipinski definition) is 0. The predicted octanol–water partition coefficient (Wildman–Crippen LogP) is 16.6. The Morgan fingerprint density at radius 2 is 0.590 bits per heavy atom. The molecule has 1 aromatic heterocycles. The van der Waals surface area contributed by atoms with Gasteiger partial charge in [0.2, 0.25) is 0 Å². The SMILES string of the molecule is c1ccc2c(-c3c4ccccc4c(-c4ccc5[se]c6cccc(-c7c8ccccc8c(-c8cccc9ccccc89)c8ccccc78)c6c5c4)c4ccccc34)cccc2c1. The van der Waals surface area contributed by atoms with Gasteiger partial charge in [0.05, 0.1) is 0 Å². The van der Waals surface area contributed by atoms with Gasteiger partial charge in [-0.25, -0.2) is 0 Å². The second-order valence-corrected chi connectivity index (χ2v) is 18.5. The maximum atomic E-state index is 2.52. The zero-order valence-electron chi connectivity index (χ0n) is 33.2. The van der Waals surface area contributed by atoms with E-state index in [9.17, 15) is 0 Å². The summed E-state index contributed by atoms with van der Waals surface area (Å²) in [4.78, 5) is 0. The predicted molar refractivity (Wildman–Crippen MR) is 265 cm³/mol. The molecule has 0 fully saturated rings. The van der Waals surface area contributed by atoms with Crippen LogP contribution in [0.5, 0.6) is 0 Å². The van der Waals surface area contributed by atoms with Gasteiger partial charge in [-0.15, -0.1) is 0 Å². The van der Waals surface area contributed by atoms with Gasteiger partial charge < -0.3 is 0 Å². The molecule has 0 aliphatic carbocycles. The van der Waals surface area contributed by atoms with E-state index in [2.05, 4.69) is 218 Å². The average Bonchev–Trinajstić information content (AvgIpc) is 3.71. The molecule has 0 saturated carbocycles. The molecule has 0 saturated heterocycles. The zero-order valence-corrected chi connectivity index (χ0v) is 34.9. The first kappa shape index (κ1) is 34.6. The molecule has 0 aliphatic rings. The fourth-order valence-electron chi connectivity index (χ4n) is 10.5. The van der Waals surface area contributed by atoms with Crippen LogP contribution in [0.1, 0.15) is 0 Å². The Morgan fingerprint density at radius 1 is 0.230 bits per heavy atom. The van der Waals surface area contributed by atoms with Gasteiger partial charge >= 0.3 is 355 Å². The number of hydrogen-bond acceptors (Lipinski definition) is 0. The van der Waals surface area contributed by atoms with Crippen LogP contribution in [0.2, 0.25) is 0 Å². The Labute approximate surface area is 359 Å². The number of benzene rings is 12. The molecule has 0 amide bonds. The van der Waals surface area contributed by atoms with Crippen LogP contribution in [0, 0.1) is 0 Å². The molecule has 0 spiro atoms. The monoisotopic (exact) mass is 836 g/mol. The molecule has 0 atom stereocenters. The van der Waals surface area contributed by atoms with E-state index < -0.39 is 0 Å². The third kappa shape index (κ3) is 5.19. The Morgan fingerprint density at radius 3 is 1.07 bits per heavy atom. The molecule has 1 heterocycles. The molecule has 0 radical (unpaired) electrons. The number of fused-ring (bicyclic) bond motifs is 9. The van der Waals surface area contributed by atoms with Crippen LogP contribution < -0.4 is 0 Å². The number of rotatable bonds is 4. The summed E-state index contributed by atoms with van der Waals surface area (Å²) in [6, 6.07) is 81.7. The minimum absolute atomic E-state index is 0.191. The van der Waals surface area contributed by atoms with Gasteiger partial charge in [-0.05, 0) is 0 Å². The average molecular weight is 836 g/mol. The summed E-state index contributed by atoms with van der Waals surface area (Å²) in [7, 11) is 0. The molecule has 0 aliphatic heterocycles. The van der Waals surface area contributed by atoms with Crippen LogP contribution in [0.4, 0.5) is 0 Å². The molecule has 13 aromatic rings. The quantitative estimate of drug-likeness (QED) is 0.122. The van der Waals surface area contributed by atoms with Crippen molar-refractivity contribution in [3.8, 4) is 44.5 Å². The van der Waals surface area contributed by atoms with Gasteiger partial charge in [-0.3, -0.25) is 0 Å². The van der Waals surface area contributed by atoms with E-state index in [1.807, 2.05) is 0 Å². The van der Waals surface area contributed by atoms with E-state index in [4.69, 9.17) is 0 Å². The van der Waals surface area contributed by atoms with Gasteiger partial charge in [0, 0.05) is 0 Å². The van der Waals surface area contributed by atoms with E-state index in [0.717, 1.165) is 0 Å². The van der Waals surface area contributed by atoms with Crippen molar-refractivity contribution in [2.24, 2.45) is 0 Å². The van der Waals surface area contributed by atoms with Gasteiger partial charge in [-0.1, -0.05) is 6.07 Å². The van der Waals surface area contributed by atoms with Crippen LogP contribution in [-0.4, -0.2) is 14.5 Å². The van der Waals surface area contributed by atoms with Crippen molar-refractivity contribution in [2.45, 2.75) is 0 Å². The van der Waals surface area contributed by atoms with E-state index in [1.165, 1.54) is 128 Å². The van der Waals surface area contributed by atoms with Crippen LogP contribution >= 0.6 is 0 Å². The third-order valence-corrected chi connectivity index (χ3v) is 15.4. The summed E-state index contributed by atoms with van der Waals surface area (Å²) in [6.07, 6.45) is 0. The Hall–Kier alpha value is -7.28. The second kappa shape index (κ2) is 13.6. The molecule has 0 unspecified atom stereocenters. The summed E-state index contributed by atoms with van der Waals surface area (Å²) in [5.41, 5.74) is 10.3. The van der Waals surface area contributed by atoms with Gasteiger partial charge in [-0.2, -0.15) is 0 Å². The molecule has 12 aromatic carbocycles. The van der Waals surface area contributed by atoms with Crippen LogP contribution in [0.15, 0.2) is 218 Å². The van der Waals surface area contributed by atoms with E-state index in [1.54, 1.807) is 0 Å². The molecule has 13 rings (SSSR count). The topological polar surface area (TPSA) is 0 Å². The van der Waals surface area contributed by atoms with Crippen molar-refractivity contribution >= 4 is 98.4 Å². The van der Waals surface area contributed by atoms with Gasteiger partial charge in [0.25, 0.3) is 0 Å². The zero-order chi connectivity index (χ0) is 40.0. The van der Waals surface area contributed by atoms with Crippen molar-refractivity contribution in [1.82, 2.24) is 0 Å². The van der Waals surface area contributed by atoms with Gasteiger partial charge in [0.15, 0.2) is 0 Å². The first-order valence-corrected chi connectivity index (χ1v) is 22.8. The second-order valence-electron chi connectivity index (χ2n) is 16.2. The van der Waals surface area contributed by atoms with Crippen LogP contribution in [0.25, 0.3) is 128 Å². The van der Waals surface area contributed by atoms with Crippen LogP contribution in [-0.2, 0) is 0 Å². The van der Waals surface area contributed by atoms with E-state index >= 15 is 0 Å². The van der Waals surface area contributed by atoms with Crippen molar-refractivity contribution in [3.63, 3.8) is 0 Å². The summed E-state index contributed by atoms with van der Waals surface area (Å²) in [5, 5.41) is 18.1. The first-order chi connectivity index (χ1) is 30.3. The van der Waals surface area contributed by atoms with Crippen molar-refractivity contribution in [3.05, 3.63) is 218 Å². The van der Waals surface area contributed by atoms with Crippen molar-refractivity contribution < 1.29 is 0 Å². The summed E-state index contributed by atoms with van der Waals surface area (Å²) in [6.45, 7) is 0. The molecular weight excluding hydrogens is 800 g/mol. The van der Waals surface area contributed by atoms with Gasteiger partial charge in [0.1, 0.15) is 0 Å². The standard InChI is InChI=1S/C60H36Se/c1-3-20-40-37(16-1)18-13-30-42(40)57-46-24-7-5-22-44(46)56(45-23-6-8-25-47(45)57)39-34-35-54-53(36-39)60-52(32-15-33-55(60)61-54)59-50-28-11-9-26-48(50)58(49-27-10-12-29-51(49)59)43-31-14-19-38-17-2-4-21-41(38)43/h1-36H. The Bertz CT molecular complexity index is 3820. The molecule has 282 valence electrons. The van der Waals surface area contributed by atoms with E-state index in [0.29, 0.717) is 0 Å². The van der Waals surface area contributed by atoms with Crippen LogP contribution in [0.3, 0.4) is 0 Å². The summed E-state index contributed by atoms with van der Waals surface area (Å²) in [5.74, 6) is 0. The van der Waals surface area contributed by atoms with Crippen molar-refractivity contribution in [1.29, 1.82) is 0 Å². The fourth-order valence-corrected chi connectivity index (χ4v) is 12.9. The summed E-state index contributed by atoms with van der Waals surface area (Å²) < 4.78 is 2.89. The van der Waals surface area contributed by atoms with Crippen molar-refractivity contribution in [2.75, 3.05) is 0 Å². The molecular formula is C60H36Se.